The fraction of sp³-hybridized carbons (Fsp3) is 0.571. The molecular formula is C21H29N3O4. The lowest BCUT2D eigenvalue weighted by molar-refractivity contribution is -0.140. The van der Waals surface area contributed by atoms with E-state index < -0.39 is 5.97 Å². The summed E-state index contributed by atoms with van der Waals surface area (Å²) in [4.78, 5) is 42.0. The van der Waals surface area contributed by atoms with E-state index in [4.69, 9.17) is 5.11 Å². The van der Waals surface area contributed by atoms with Crippen LogP contribution in [-0.2, 0) is 16.1 Å². The van der Waals surface area contributed by atoms with Gasteiger partial charge in [-0.25, -0.2) is 4.79 Å². The maximum absolute atomic E-state index is 13.1. The zero-order valence-electron chi connectivity index (χ0n) is 16.3. The lowest BCUT2D eigenvalue weighted by Crippen LogP contribution is -2.48. The molecule has 1 N–H and O–H groups in total. The summed E-state index contributed by atoms with van der Waals surface area (Å²) in [6.07, 6.45) is 3.34. The van der Waals surface area contributed by atoms with Crippen LogP contribution in [0.3, 0.4) is 0 Å². The highest BCUT2D eigenvalue weighted by Crippen LogP contribution is 2.23. The normalized spacial score (nSPS) is 17.6. The first-order valence-electron chi connectivity index (χ1n) is 10.1. The number of piperidine rings is 1. The summed E-state index contributed by atoms with van der Waals surface area (Å²) in [5, 5.41) is 9.03. The number of carboxylic acids is 1. The standard InChI is InChI=1S/C21H29N3O4/c25-19(26)10-15-24(16-17-6-2-1-3-7-17)20(27)18-8-13-23(14-9-18)21(28)22-11-4-5-12-22/h1-3,6-7,18H,4-5,8-16H2,(H,25,26). The van der Waals surface area contributed by atoms with Gasteiger partial charge in [0.15, 0.2) is 0 Å². The average Bonchev–Trinajstić information content (AvgIpc) is 3.25. The van der Waals surface area contributed by atoms with Gasteiger partial charge in [-0.2, -0.15) is 0 Å². The topological polar surface area (TPSA) is 81.2 Å². The minimum Gasteiger partial charge on any atom is -0.481 e. The summed E-state index contributed by atoms with van der Waals surface area (Å²) < 4.78 is 0. The molecule has 2 heterocycles. The Hall–Kier alpha value is -2.57. The second-order valence-electron chi connectivity index (χ2n) is 7.63. The van der Waals surface area contributed by atoms with E-state index in [0.717, 1.165) is 31.5 Å². The SMILES string of the molecule is O=C(O)CCN(Cc1ccccc1)C(=O)C1CCN(C(=O)N2CCCC2)CC1. The van der Waals surface area contributed by atoms with Crippen LogP contribution >= 0.6 is 0 Å². The van der Waals surface area contributed by atoms with Gasteiger partial charge in [0, 0.05) is 45.2 Å². The first kappa shape index (κ1) is 20.2. The third-order valence-corrected chi connectivity index (χ3v) is 5.61. The molecule has 28 heavy (non-hydrogen) atoms. The Morgan fingerprint density at radius 1 is 0.964 bits per heavy atom. The number of hydrogen-bond donors (Lipinski definition) is 1. The number of nitrogens with zero attached hydrogens (tertiary/aromatic N) is 3. The van der Waals surface area contributed by atoms with Gasteiger partial charge in [-0.3, -0.25) is 9.59 Å². The highest BCUT2D eigenvalue weighted by Gasteiger charge is 2.32. The van der Waals surface area contributed by atoms with Crippen molar-refractivity contribution in [3.05, 3.63) is 35.9 Å². The molecule has 3 rings (SSSR count). The van der Waals surface area contributed by atoms with E-state index in [0.29, 0.717) is 32.5 Å². The van der Waals surface area contributed by atoms with E-state index in [1.807, 2.05) is 40.1 Å². The second kappa shape index (κ2) is 9.57. The zero-order valence-corrected chi connectivity index (χ0v) is 16.3. The van der Waals surface area contributed by atoms with Crippen LogP contribution < -0.4 is 0 Å². The molecule has 0 spiro atoms. The zero-order chi connectivity index (χ0) is 19.9. The predicted molar refractivity (Wildman–Crippen MR) is 105 cm³/mol. The summed E-state index contributed by atoms with van der Waals surface area (Å²) in [5.74, 6) is -1.06. The smallest absolute Gasteiger partial charge is 0.319 e. The Bertz CT molecular complexity index is 680. The number of carbonyl (C=O) groups is 3. The van der Waals surface area contributed by atoms with Crippen LogP contribution in [0.4, 0.5) is 4.79 Å². The lowest BCUT2D eigenvalue weighted by Gasteiger charge is -2.36. The summed E-state index contributed by atoms with van der Waals surface area (Å²) >= 11 is 0. The first-order valence-corrected chi connectivity index (χ1v) is 10.1. The van der Waals surface area contributed by atoms with E-state index >= 15 is 0 Å². The summed E-state index contributed by atoms with van der Waals surface area (Å²) in [5.41, 5.74) is 0.989. The second-order valence-corrected chi connectivity index (χ2v) is 7.63. The highest BCUT2D eigenvalue weighted by atomic mass is 16.4. The third-order valence-electron chi connectivity index (χ3n) is 5.61. The van der Waals surface area contributed by atoms with Crippen LogP contribution in [-0.4, -0.2) is 70.4 Å². The van der Waals surface area contributed by atoms with Crippen LogP contribution in [0.1, 0.15) is 37.7 Å². The Morgan fingerprint density at radius 3 is 2.18 bits per heavy atom. The van der Waals surface area contributed by atoms with E-state index in [2.05, 4.69) is 0 Å². The molecule has 152 valence electrons. The molecule has 2 aliphatic heterocycles. The number of carbonyl (C=O) groups excluding carboxylic acids is 2. The van der Waals surface area contributed by atoms with Crippen molar-refractivity contribution >= 4 is 17.9 Å². The van der Waals surface area contributed by atoms with Gasteiger partial charge in [-0.1, -0.05) is 30.3 Å². The average molecular weight is 387 g/mol. The summed E-state index contributed by atoms with van der Waals surface area (Å²) in [6, 6.07) is 9.72. The van der Waals surface area contributed by atoms with Crippen molar-refractivity contribution in [1.82, 2.24) is 14.7 Å². The Balaban J connectivity index is 1.57. The van der Waals surface area contributed by atoms with Gasteiger partial charge in [0.2, 0.25) is 5.91 Å². The van der Waals surface area contributed by atoms with Gasteiger partial charge in [0.25, 0.3) is 0 Å². The van der Waals surface area contributed by atoms with Crippen molar-refractivity contribution < 1.29 is 19.5 Å². The molecule has 1 aromatic carbocycles. The van der Waals surface area contributed by atoms with Crippen molar-refractivity contribution in [2.45, 2.75) is 38.6 Å². The number of amides is 3. The number of carboxylic acid groups (broad SMARTS) is 1. The van der Waals surface area contributed by atoms with Gasteiger partial charge >= 0.3 is 12.0 Å². The number of aliphatic carboxylic acids is 1. The molecular weight excluding hydrogens is 358 g/mol. The van der Waals surface area contributed by atoms with Crippen molar-refractivity contribution in [3.63, 3.8) is 0 Å². The van der Waals surface area contributed by atoms with Gasteiger partial charge in [0.1, 0.15) is 0 Å². The quantitative estimate of drug-likeness (QED) is 0.813. The molecule has 0 saturated carbocycles. The molecule has 1 aromatic rings. The molecule has 0 aliphatic carbocycles. The molecule has 2 saturated heterocycles. The maximum atomic E-state index is 13.1. The van der Waals surface area contributed by atoms with E-state index in [1.165, 1.54) is 0 Å². The Labute approximate surface area is 165 Å². The van der Waals surface area contributed by atoms with Gasteiger partial charge in [0.05, 0.1) is 6.42 Å². The molecule has 3 amide bonds. The summed E-state index contributed by atoms with van der Waals surface area (Å²) in [7, 11) is 0. The molecule has 0 bridgehead atoms. The minimum absolute atomic E-state index is 0.00151. The molecule has 0 unspecified atom stereocenters. The summed E-state index contributed by atoms with van der Waals surface area (Å²) in [6.45, 7) is 3.46. The van der Waals surface area contributed by atoms with Gasteiger partial charge in [-0.05, 0) is 31.2 Å². The molecule has 2 fully saturated rings. The molecule has 0 radical (unpaired) electrons. The van der Waals surface area contributed by atoms with Crippen molar-refractivity contribution in [2.24, 2.45) is 5.92 Å². The van der Waals surface area contributed by atoms with Crippen LogP contribution in [0.5, 0.6) is 0 Å². The molecule has 0 aromatic heterocycles. The van der Waals surface area contributed by atoms with Crippen LogP contribution in [0.25, 0.3) is 0 Å². The first-order chi connectivity index (χ1) is 13.5. The third kappa shape index (κ3) is 5.24. The highest BCUT2D eigenvalue weighted by molar-refractivity contribution is 5.80. The minimum atomic E-state index is -0.906. The largest absolute Gasteiger partial charge is 0.481 e. The van der Waals surface area contributed by atoms with Crippen LogP contribution in [0, 0.1) is 5.92 Å². The number of rotatable bonds is 6. The van der Waals surface area contributed by atoms with Crippen molar-refractivity contribution in [1.29, 1.82) is 0 Å². The van der Waals surface area contributed by atoms with Gasteiger partial charge in [-0.15, -0.1) is 0 Å². The molecule has 7 heteroatoms. The van der Waals surface area contributed by atoms with Crippen molar-refractivity contribution in [3.8, 4) is 0 Å². The number of urea groups is 1. The van der Waals surface area contributed by atoms with E-state index in [-0.39, 0.29) is 30.8 Å². The predicted octanol–water partition coefficient (Wildman–Crippen LogP) is 2.42. The monoisotopic (exact) mass is 387 g/mol. The number of hydrogen-bond acceptors (Lipinski definition) is 3. The van der Waals surface area contributed by atoms with Crippen molar-refractivity contribution in [2.75, 3.05) is 32.7 Å². The van der Waals surface area contributed by atoms with Gasteiger partial charge < -0.3 is 19.8 Å². The molecule has 7 nitrogen and oxygen atoms in total. The fourth-order valence-electron chi connectivity index (χ4n) is 3.99. The lowest BCUT2D eigenvalue weighted by atomic mass is 9.95. The van der Waals surface area contributed by atoms with Crippen LogP contribution in [0.2, 0.25) is 0 Å². The Kier molecular flexibility index (Phi) is 6.90. The van der Waals surface area contributed by atoms with E-state index in [9.17, 15) is 14.4 Å². The number of benzene rings is 1. The molecule has 2 aliphatic rings. The van der Waals surface area contributed by atoms with Crippen LogP contribution in [0.15, 0.2) is 30.3 Å². The Morgan fingerprint density at radius 2 is 1.57 bits per heavy atom. The van der Waals surface area contributed by atoms with E-state index in [1.54, 1.807) is 4.90 Å². The maximum Gasteiger partial charge on any atom is 0.319 e. The number of likely N-dealkylation sites (tertiary alicyclic amines) is 2. The fourth-order valence-corrected chi connectivity index (χ4v) is 3.99. The molecule has 0 atom stereocenters.